The molecule has 4 aromatic rings. The summed E-state index contributed by atoms with van der Waals surface area (Å²) in [6.45, 7) is 1.98. The van der Waals surface area contributed by atoms with Gasteiger partial charge in [-0.2, -0.15) is 13.2 Å². The maximum Gasteiger partial charge on any atom is 0.416 e. The molecule has 0 radical (unpaired) electrons. The summed E-state index contributed by atoms with van der Waals surface area (Å²) in [6.07, 6.45) is -1.16. The van der Waals surface area contributed by atoms with Crippen LogP contribution in [0.4, 0.5) is 18.9 Å². The van der Waals surface area contributed by atoms with Crippen LogP contribution in [0.15, 0.2) is 78.2 Å². The van der Waals surface area contributed by atoms with Gasteiger partial charge in [0.1, 0.15) is 0 Å². The molecule has 0 fully saturated rings. The molecule has 0 aliphatic heterocycles. The van der Waals surface area contributed by atoms with E-state index in [0.717, 1.165) is 40.7 Å². The van der Waals surface area contributed by atoms with Crippen molar-refractivity contribution in [2.24, 2.45) is 0 Å². The van der Waals surface area contributed by atoms with Crippen molar-refractivity contribution in [2.45, 2.75) is 18.3 Å². The molecule has 0 saturated carbocycles. The van der Waals surface area contributed by atoms with E-state index in [4.69, 9.17) is 0 Å². The van der Waals surface area contributed by atoms with Crippen molar-refractivity contribution in [3.05, 3.63) is 84.2 Å². The topological polar surface area (TPSA) is 72.7 Å². The summed E-state index contributed by atoms with van der Waals surface area (Å²) in [7, 11) is 0. The summed E-state index contributed by atoms with van der Waals surface area (Å²) in [5.74, 6) is 0.0428. The van der Waals surface area contributed by atoms with E-state index in [1.54, 1.807) is 18.5 Å². The molecule has 33 heavy (non-hydrogen) atoms. The van der Waals surface area contributed by atoms with Crippen LogP contribution in [0.3, 0.4) is 0 Å². The van der Waals surface area contributed by atoms with Crippen molar-refractivity contribution in [1.82, 2.24) is 19.7 Å². The maximum absolute atomic E-state index is 12.9. The van der Waals surface area contributed by atoms with Crippen molar-refractivity contribution < 1.29 is 18.0 Å². The predicted molar refractivity (Wildman–Crippen MR) is 120 cm³/mol. The number of thioether (sulfide) groups is 1. The summed E-state index contributed by atoms with van der Waals surface area (Å²) in [4.78, 5) is 16.6. The van der Waals surface area contributed by atoms with Gasteiger partial charge < -0.3 is 5.32 Å². The van der Waals surface area contributed by atoms with Crippen LogP contribution in [0.5, 0.6) is 0 Å². The van der Waals surface area contributed by atoms with Crippen LogP contribution in [0.25, 0.3) is 17.1 Å². The smallest absolute Gasteiger partial charge is 0.325 e. The zero-order valence-corrected chi connectivity index (χ0v) is 18.2. The van der Waals surface area contributed by atoms with Gasteiger partial charge >= 0.3 is 6.18 Å². The van der Waals surface area contributed by atoms with E-state index >= 15 is 0 Å². The molecule has 2 aromatic carbocycles. The minimum absolute atomic E-state index is 0.0622. The number of alkyl halides is 3. The largest absolute Gasteiger partial charge is 0.416 e. The lowest BCUT2D eigenvalue weighted by molar-refractivity contribution is -0.137. The lowest BCUT2D eigenvalue weighted by Crippen LogP contribution is -2.15. The molecule has 0 aliphatic carbocycles. The van der Waals surface area contributed by atoms with E-state index in [0.29, 0.717) is 11.0 Å². The van der Waals surface area contributed by atoms with Gasteiger partial charge in [-0.05, 0) is 49.4 Å². The van der Waals surface area contributed by atoms with Crippen LogP contribution in [-0.2, 0) is 11.0 Å². The van der Waals surface area contributed by atoms with Crippen LogP contribution in [0.2, 0.25) is 0 Å². The molecule has 0 atom stereocenters. The molecule has 4 rings (SSSR count). The molecule has 2 aromatic heterocycles. The molecule has 1 N–H and O–H groups in total. The van der Waals surface area contributed by atoms with Crippen LogP contribution in [0.1, 0.15) is 11.1 Å². The molecule has 2 heterocycles. The molecular formula is C23H18F3N5OS. The molecule has 10 heteroatoms. The number of hydrogen-bond donors (Lipinski definition) is 1. The second kappa shape index (κ2) is 9.45. The Bertz CT molecular complexity index is 1260. The number of hydrogen-bond acceptors (Lipinski definition) is 5. The number of nitrogens with zero attached hydrogens (tertiary/aromatic N) is 4. The van der Waals surface area contributed by atoms with Gasteiger partial charge in [-0.3, -0.25) is 14.3 Å². The number of anilines is 1. The Morgan fingerprint density at radius 3 is 2.55 bits per heavy atom. The summed E-state index contributed by atoms with van der Waals surface area (Å²) in [5, 5.41) is 11.5. The number of rotatable bonds is 6. The highest BCUT2D eigenvalue weighted by molar-refractivity contribution is 7.99. The second-order valence-corrected chi connectivity index (χ2v) is 8.08. The first-order valence-corrected chi connectivity index (χ1v) is 10.8. The van der Waals surface area contributed by atoms with E-state index in [-0.39, 0.29) is 11.4 Å². The quantitative estimate of drug-likeness (QED) is 0.384. The van der Waals surface area contributed by atoms with Crippen LogP contribution >= 0.6 is 11.8 Å². The summed E-state index contributed by atoms with van der Waals surface area (Å²) >= 11 is 1.13. The Kier molecular flexibility index (Phi) is 6.45. The van der Waals surface area contributed by atoms with Crippen LogP contribution in [-0.4, -0.2) is 31.4 Å². The number of carbonyl (C=O) groups is 1. The fraction of sp³-hybridized carbons (Fsp3) is 0.130. The fourth-order valence-electron chi connectivity index (χ4n) is 3.07. The van der Waals surface area contributed by atoms with Gasteiger partial charge in [0.05, 0.1) is 11.3 Å². The van der Waals surface area contributed by atoms with E-state index in [1.165, 1.54) is 12.1 Å². The average Bonchev–Trinajstić information content (AvgIpc) is 3.22. The highest BCUT2D eigenvalue weighted by Crippen LogP contribution is 2.31. The molecule has 0 saturated heterocycles. The average molecular weight is 469 g/mol. The molecule has 0 unspecified atom stereocenters. The highest BCUT2D eigenvalue weighted by Gasteiger charge is 2.30. The maximum atomic E-state index is 12.9. The Morgan fingerprint density at radius 2 is 1.85 bits per heavy atom. The number of amides is 1. The van der Waals surface area contributed by atoms with Gasteiger partial charge in [0.25, 0.3) is 0 Å². The standard InChI is InChI=1S/C23H18F3N5OS/c1-15-7-9-19(10-8-15)31-21(16-4-3-11-27-13-16)29-30-22(31)33-14-20(32)28-18-6-2-5-17(12-18)23(24,25)26/h2-13H,14H2,1H3,(H,28,32). The first-order valence-electron chi connectivity index (χ1n) is 9.84. The SMILES string of the molecule is Cc1ccc(-n2c(SCC(=O)Nc3cccc(C(F)(F)F)c3)nnc2-c2cccnc2)cc1. The third-order valence-electron chi connectivity index (χ3n) is 4.65. The molecule has 6 nitrogen and oxygen atoms in total. The highest BCUT2D eigenvalue weighted by atomic mass is 32.2. The minimum atomic E-state index is -4.48. The van der Waals surface area contributed by atoms with Crippen LogP contribution in [0, 0.1) is 6.92 Å². The third-order valence-corrected chi connectivity index (χ3v) is 5.58. The first-order chi connectivity index (χ1) is 15.8. The Hall–Kier alpha value is -3.66. The van der Waals surface area contributed by atoms with Gasteiger partial charge in [-0.15, -0.1) is 10.2 Å². The Balaban J connectivity index is 1.55. The zero-order valence-electron chi connectivity index (χ0n) is 17.4. The molecule has 0 bridgehead atoms. The van der Waals surface area contributed by atoms with Gasteiger partial charge in [0.15, 0.2) is 11.0 Å². The van der Waals surface area contributed by atoms with Crippen molar-refractivity contribution >= 4 is 23.4 Å². The molecular weight excluding hydrogens is 451 g/mol. The van der Waals surface area contributed by atoms with Gasteiger partial charge in [0, 0.05) is 29.3 Å². The summed E-state index contributed by atoms with van der Waals surface area (Å²) < 4.78 is 40.5. The van der Waals surface area contributed by atoms with Crippen molar-refractivity contribution in [3.8, 4) is 17.1 Å². The third kappa shape index (κ3) is 5.40. The monoisotopic (exact) mass is 469 g/mol. The van der Waals surface area contributed by atoms with Gasteiger partial charge in [0.2, 0.25) is 5.91 Å². The zero-order chi connectivity index (χ0) is 23.4. The number of pyridine rings is 1. The Morgan fingerprint density at radius 1 is 1.06 bits per heavy atom. The van der Waals surface area contributed by atoms with Crippen molar-refractivity contribution in [1.29, 1.82) is 0 Å². The molecule has 0 spiro atoms. The lowest BCUT2D eigenvalue weighted by atomic mass is 10.2. The number of benzene rings is 2. The minimum Gasteiger partial charge on any atom is -0.325 e. The van der Waals surface area contributed by atoms with Crippen molar-refractivity contribution in [2.75, 3.05) is 11.1 Å². The molecule has 0 aliphatic rings. The van der Waals surface area contributed by atoms with E-state index in [1.807, 2.05) is 41.8 Å². The van der Waals surface area contributed by atoms with E-state index < -0.39 is 17.6 Å². The fourth-order valence-corrected chi connectivity index (χ4v) is 3.82. The number of nitrogens with one attached hydrogen (secondary N) is 1. The summed E-state index contributed by atoms with van der Waals surface area (Å²) in [6, 6.07) is 15.9. The molecule has 1 amide bonds. The van der Waals surface area contributed by atoms with E-state index in [9.17, 15) is 18.0 Å². The normalized spacial score (nSPS) is 11.4. The Labute approximate surface area is 191 Å². The van der Waals surface area contributed by atoms with Gasteiger partial charge in [-0.1, -0.05) is 35.5 Å². The summed E-state index contributed by atoms with van der Waals surface area (Å²) in [5.41, 5.74) is 1.90. The molecule has 168 valence electrons. The first kappa shape index (κ1) is 22.5. The second-order valence-electron chi connectivity index (χ2n) is 7.13. The predicted octanol–water partition coefficient (Wildman–Crippen LogP) is 5.39. The number of aromatic nitrogens is 4. The number of halogens is 3. The van der Waals surface area contributed by atoms with Crippen LogP contribution < -0.4 is 5.32 Å². The van der Waals surface area contributed by atoms with E-state index in [2.05, 4.69) is 20.5 Å². The lowest BCUT2D eigenvalue weighted by Gasteiger charge is -2.11. The van der Waals surface area contributed by atoms with Crippen molar-refractivity contribution in [3.63, 3.8) is 0 Å². The number of aryl methyl sites for hydroxylation is 1. The van der Waals surface area contributed by atoms with Gasteiger partial charge in [-0.25, -0.2) is 0 Å². The number of carbonyl (C=O) groups excluding carboxylic acids is 1.